The van der Waals surface area contributed by atoms with E-state index in [0.29, 0.717) is 0 Å². The van der Waals surface area contributed by atoms with Crippen molar-refractivity contribution < 1.29 is 4.42 Å². The van der Waals surface area contributed by atoms with Gasteiger partial charge in [0.15, 0.2) is 0 Å². The summed E-state index contributed by atoms with van der Waals surface area (Å²) in [5.74, 6) is 0. The summed E-state index contributed by atoms with van der Waals surface area (Å²) < 4.78 is 6.49. The van der Waals surface area contributed by atoms with Gasteiger partial charge in [-0.3, -0.25) is 0 Å². The predicted molar refractivity (Wildman–Crippen MR) is 189 cm³/mol. The Morgan fingerprint density at radius 2 is 1.20 bits per heavy atom. The number of furan rings is 1. The molecule has 7 aromatic carbocycles. The van der Waals surface area contributed by atoms with Gasteiger partial charge in [0.1, 0.15) is 11.2 Å². The normalized spacial score (nSPS) is 13.3. The molecule has 214 valence electrons. The van der Waals surface area contributed by atoms with Crippen molar-refractivity contribution in [3.05, 3.63) is 163 Å². The van der Waals surface area contributed by atoms with Gasteiger partial charge in [0.05, 0.1) is 5.69 Å². The van der Waals surface area contributed by atoms with E-state index in [2.05, 4.69) is 164 Å². The maximum Gasteiger partial charge on any atom is 0.143 e. The van der Waals surface area contributed by atoms with Crippen LogP contribution in [-0.4, -0.2) is 0 Å². The monoisotopic (exact) mass is 577 g/mol. The number of hydrogen-bond donors (Lipinski definition) is 0. The molecule has 45 heavy (non-hydrogen) atoms. The van der Waals surface area contributed by atoms with Crippen LogP contribution in [0.1, 0.15) is 25.0 Å². The smallest absolute Gasteiger partial charge is 0.143 e. The van der Waals surface area contributed by atoms with Crippen LogP contribution >= 0.6 is 0 Å². The summed E-state index contributed by atoms with van der Waals surface area (Å²) in [6.45, 7) is 4.68. The lowest BCUT2D eigenvalue weighted by Crippen LogP contribution is -2.16. The summed E-state index contributed by atoms with van der Waals surface area (Å²) in [5, 5.41) is 4.62. The van der Waals surface area contributed by atoms with Crippen LogP contribution in [0.5, 0.6) is 0 Å². The second-order valence-electron chi connectivity index (χ2n) is 12.5. The van der Waals surface area contributed by atoms with Crippen molar-refractivity contribution in [1.82, 2.24) is 0 Å². The van der Waals surface area contributed by atoms with Crippen LogP contribution in [0, 0.1) is 0 Å². The second kappa shape index (κ2) is 9.70. The number of anilines is 3. The van der Waals surface area contributed by atoms with Crippen LogP contribution in [0.2, 0.25) is 0 Å². The largest absolute Gasteiger partial charge is 0.455 e. The van der Waals surface area contributed by atoms with Crippen LogP contribution in [-0.2, 0) is 5.41 Å². The zero-order valence-electron chi connectivity index (χ0n) is 25.3. The zero-order valence-corrected chi connectivity index (χ0v) is 25.3. The topological polar surface area (TPSA) is 16.4 Å². The Balaban J connectivity index is 1.25. The molecule has 1 aliphatic rings. The van der Waals surface area contributed by atoms with Gasteiger partial charge in [0.2, 0.25) is 0 Å². The molecule has 2 heteroatoms. The average molecular weight is 578 g/mol. The molecule has 0 fully saturated rings. The molecule has 0 saturated heterocycles. The van der Waals surface area contributed by atoms with Crippen LogP contribution in [0.15, 0.2) is 156 Å². The fourth-order valence-corrected chi connectivity index (χ4v) is 7.50. The van der Waals surface area contributed by atoms with Gasteiger partial charge in [0, 0.05) is 38.5 Å². The minimum Gasteiger partial charge on any atom is -0.455 e. The highest BCUT2D eigenvalue weighted by Crippen LogP contribution is 2.54. The maximum atomic E-state index is 6.49. The third kappa shape index (κ3) is 3.82. The van der Waals surface area contributed by atoms with E-state index in [4.69, 9.17) is 4.42 Å². The highest BCUT2D eigenvalue weighted by Gasteiger charge is 2.37. The molecule has 1 aromatic heterocycles. The van der Waals surface area contributed by atoms with Gasteiger partial charge in [-0.1, -0.05) is 123 Å². The number of nitrogens with zero attached hydrogens (tertiary/aromatic N) is 1. The van der Waals surface area contributed by atoms with Crippen molar-refractivity contribution in [3.63, 3.8) is 0 Å². The molecule has 9 rings (SSSR count). The molecule has 0 spiro atoms. The molecule has 0 atom stereocenters. The molecule has 2 nitrogen and oxygen atoms in total. The molecule has 8 aromatic rings. The number of rotatable bonds is 4. The van der Waals surface area contributed by atoms with Gasteiger partial charge < -0.3 is 9.32 Å². The van der Waals surface area contributed by atoms with Gasteiger partial charge in [-0.2, -0.15) is 0 Å². The van der Waals surface area contributed by atoms with E-state index in [1.807, 2.05) is 6.07 Å². The van der Waals surface area contributed by atoms with Gasteiger partial charge in [-0.25, -0.2) is 0 Å². The summed E-state index contributed by atoms with van der Waals surface area (Å²) in [6.07, 6.45) is 0. The molecule has 0 amide bonds. The Labute approximate surface area is 262 Å². The third-order valence-corrected chi connectivity index (χ3v) is 9.65. The Kier molecular flexibility index (Phi) is 5.58. The first-order chi connectivity index (χ1) is 22.1. The molecule has 0 radical (unpaired) electrons. The molecule has 0 N–H and O–H groups in total. The van der Waals surface area contributed by atoms with E-state index in [9.17, 15) is 0 Å². The van der Waals surface area contributed by atoms with Gasteiger partial charge in [-0.05, 0) is 75.7 Å². The molecule has 0 saturated carbocycles. The standard InChI is InChI=1S/C43H31NO/c1-43(2)36-19-10-8-17-33(36)41-37(43)20-12-21-38(41)44(30-14-4-3-5-15-30)31-25-23-28(24-26-31)35-27-29-13-6-7-16-32(29)42-40(35)34-18-9-11-22-39(34)45-42/h3-27H,1-2H3. The number of fused-ring (bicyclic) bond motifs is 8. The van der Waals surface area contributed by atoms with Gasteiger partial charge >= 0.3 is 0 Å². The van der Waals surface area contributed by atoms with E-state index < -0.39 is 0 Å². The molecule has 0 bridgehead atoms. The van der Waals surface area contributed by atoms with Crippen LogP contribution in [0.3, 0.4) is 0 Å². The van der Waals surface area contributed by atoms with Gasteiger partial charge in [-0.15, -0.1) is 0 Å². The second-order valence-corrected chi connectivity index (χ2v) is 12.5. The fraction of sp³-hybridized carbons (Fsp3) is 0.0698. The van der Waals surface area contributed by atoms with Crippen LogP contribution < -0.4 is 4.90 Å². The molecular formula is C43H31NO. The summed E-state index contributed by atoms with van der Waals surface area (Å²) in [4.78, 5) is 2.41. The van der Waals surface area contributed by atoms with Crippen LogP contribution in [0.4, 0.5) is 17.1 Å². The van der Waals surface area contributed by atoms with Crippen molar-refractivity contribution in [1.29, 1.82) is 0 Å². The quantitative estimate of drug-likeness (QED) is 0.207. The maximum absolute atomic E-state index is 6.49. The van der Waals surface area contributed by atoms with Crippen molar-refractivity contribution in [2.24, 2.45) is 0 Å². The SMILES string of the molecule is CC1(C)c2ccccc2-c2c(N(c3ccccc3)c3ccc(-c4cc5ccccc5c5oc6ccccc6c45)cc3)cccc21. The van der Waals surface area contributed by atoms with E-state index in [0.717, 1.165) is 38.7 Å². The molecule has 1 heterocycles. The van der Waals surface area contributed by atoms with E-state index in [-0.39, 0.29) is 5.41 Å². The van der Waals surface area contributed by atoms with Crippen molar-refractivity contribution in [3.8, 4) is 22.3 Å². The number of hydrogen-bond acceptors (Lipinski definition) is 2. The highest BCUT2D eigenvalue weighted by molar-refractivity contribution is 6.21. The van der Waals surface area contributed by atoms with E-state index in [1.165, 1.54) is 44.5 Å². The molecule has 0 aliphatic heterocycles. The van der Waals surface area contributed by atoms with Crippen molar-refractivity contribution in [2.75, 3.05) is 4.90 Å². The first kappa shape index (κ1) is 25.9. The first-order valence-electron chi connectivity index (χ1n) is 15.6. The summed E-state index contributed by atoms with van der Waals surface area (Å²) in [5.41, 5.74) is 13.0. The minimum atomic E-state index is -0.0665. The fourth-order valence-electron chi connectivity index (χ4n) is 7.50. The van der Waals surface area contributed by atoms with Crippen molar-refractivity contribution in [2.45, 2.75) is 19.3 Å². The summed E-state index contributed by atoms with van der Waals surface area (Å²) >= 11 is 0. The Hall–Kier alpha value is -5.60. The van der Waals surface area contributed by atoms with Crippen molar-refractivity contribution >= 4 is 49.8 Å². The average Bonchev–Trinajstić information content (AvgIpc) is 3.59. The van der Waals surface area contributed by atoms with E-state index in [1.54, 1.807) is 0 Å². The highest BCUT2D eigenvalue weighted by atomic mass is 16.3. The minimum absolute atomic E-state index is 0.0665. The lowest BCUT2D eigenvalue weighted by molar-refractivity contribution is 0.660. The third-order valence-electron chi connectivity index (χ3n) is 9.65. The summed E-state index contributed by atoms with van der Waals surface area (Å²) in [6, 6.07) is 54.6. The number of benzene rings is 7. The Morgan fingerprint density at radius 1 is 0.533 bits per heavy atom. The summed E-state index contributed by atoms with van der Waals surface area (Å²) in [7, 11) is 0. The Bertz CT molecular complexity index is 2400. The zero-order chi connectivity index (χ0) is 30.1. The molecule has 1 aliphatic carbocycles. The molecular weight excluding hydrogens is 546 g/mol. The Morgan fingerprint density at radius 3 is 2.04 bits per heavy atom. The molecule has 0 unspecified atom stereocenters. The van der Waals surface area contributed by atoms with Crippen LogP contribution in [0.25, 0.3) is 55.0 Å². The predicted octanol–water partition coefficient (Wildman–Crippen LogP) is 12.2. The number of para-hydroxylation sites is 2. The first-order valence-corrected chi connectivity index (χ1v) is 15.6. The lowest BCUT2D eigenvalue weighted by atomic mass is 9.82. The van der Waals surface area contributed by atoms with E-state index >= 15 is 0 Å². The lowest BCUT2D eigenvalue weighted by Gasteiger charge is -2.29. The van der Waals surface area contributed by atoms with Gasteiger partial charge in [0.25, 0.3) is 0 Å².